The van der Waals surface area contributed by atoms with E-state index in [0.29, 0.717) is 6.42 Å². The Morgan fingerprint density at radius 1 is 1.42 bits per heavy atom. The highest BCUT2D eigenvalue weighted by Gasteiger charge is 2.34. The molecule has 1 aromatic rings. The van der Waals surface area contributed by atoms with Gasteiger partial charge in [-0.3, -0.25) is 0 Å². The van der Waals surface area contributed by atoms with Gasteiger partial charge in [-0.05, 0) is 38.1 Å². The van der Waals surface area contributed by atoms with E-state index in [2.05, 4.69) is 9.88 Å². The second-order valence-corrected chi connectivity index (χ2v) is 6.59. The predicted octanol–water partition coefficient (Wildman–Crippen LogP) is 1.66. The van der Waals surface area contributed by atoms with Gasteiger partial charge in [-0.25, -0.2) is 17.5 Å². The molecular formula is C12H15FN2O3S. The molecule has 0 amide bonds. The van der Waals surface area contributed by atoms with E-state index in [-0.39, 0.29) is 11.4 Å². The molecular weight excluding hydrogens is 271 g/mol. The van der Waals surface area contributed by atoms with Crippen LogP contribution in [0.2, 0.25) is 0 Å². The van der Waals surface area contributed by atoms with E-state index in [1.54, 1.807) is 6.92 Å². The van der Waals surface area contributed by atoms with E-state index in [4.69, 9.17) is 4.84 Å². The van der Waals surface area contributed by atoms with Crippen molar-refractivity contribution >= 4 is 15.7 Å². The number of oxime groups is 1. The summed E-state index contributed by atoms with van der Waals surface area (Å²) in [7, 11) is -3.67. The third-order valence-electron chi connectivity index (χ3n) is 2.81. The van der Waals surface area contributed by atoms with Gasteiger partial charge in [0.15, 0.2) is 5.60 Å². The quantitative estimate of drug-likeness (QED) is 0.915. The SMILES string of the molecule is CC1=NOC(C)(CNS(=O)(=O)c2ccc(F)cc2)C1. The van der Waals surface area contributed by atoms with Crippen molar-refractivity contribution in [1.82, 2.24) is 4.72 Å². The number of rotatable bonds is 4. The van der Waals surface area contributed by atoms with Crippen molar-refractivity contribution < 1.29 is 17.6 Å². The summed E-state index contributed by atoms with van der Waals surface area (Å²) < 4.78 is 39.2. The minimum absolute atomic E-state index is 0.0214. The second-order valence-electron chi connectivity index (χ2n) is 4.82. The Kier molecular flexibility index (Phi) is 3.60. The van der Waals surface area contributed by atoms with E-state index in [1.165, 1.54) is 12.1 Å². The molecule has 0 radical (unpaired) electrons. The fourth-order valence-electron chi connectivity index (χ4n) is 1.83. The van der Waals surface area contributed by atoms with Gasteiger partial charge in [0, 0.05) is 6.42 Å². The fraction of sp³-hybridized carbons (Fsp3) is 0.417. The Balaban J connectivity index is 2.04. The lowest BCUT2D eigenvalue weighted by Gasteiger charge is -2.21. The lowest BCUT2D eigenvalue weighted by Crippen LogP contribution is -2.40. The molecule has 1 N–H and O–H groups in total. The molecule has 1 heterocycles. The highest BCUT2D eigenvalue weighted by atomic mass is 32.2. The molecule has 5 nitrogen and oxygen atoms in total. The maximum atomic E-state index is 12.8. The number of halogens is 1. The minimum Gasteiger partial charge on any atom is -0.388 e. The van der Waals surface area contributed by atoms with Crippen molar-refractivity contribution in [3.63, 3.8) is 0 Å². The van der Waals surface area contributed by atoms with E-state index >= 15 is 0 Å². The van der Waals surface area contributed by atoms with Gasteiger partial charge in [-0.1, -0.05) is 5.16 Å². The van der Waals surface area contributed by atoms with Crippen LogP contribution in [0, 0.1) is 5.82 Å². The lowest BCUT2D eigenvalue weighted by atomic mass is 10.0. The third kappa shape index (κ3) is 3.30. The number of benzene rings is 1. The average Bonchev–Trinajstić information content (AvgIpc) is 2.68. The molecule has 19 heavy (non-hydrogen) atoms. The van der Waals surface area contributed by atoms with Crippen LogP contribution in [0.25, 0.3) is 0 Å². The molecule has 1 aliphatic heterocycles. The average molecular weight is 286 g/mol. The number of nitrogens with zero attached hydrogens (tertiary/aromatic N) is 1. The number of hydrogen-bond acceptors (Lipinski definition) is 4. The summed E-state index contributed by atoms with van der Waals surface area (Å²) in [5.41, 5.74) is 0.153. The maximum Gasteiger partial charge on any atom is 0.240 e. The highest BCUT2D eigenvalue weighted by Crippen LogP contribution is 2.23. The summed E-state index contributed by atoms with van der Waals surface area (Å²) in [6, 6.07) is 4.65. The molecule has 1 aromatic carbocycles. The van der Waals surface area contributed by atoms with Crippen molar-refractivity contribution in [2.45, 2.75) is 30.8 Å². The van der Waals surface area contributed by atoms with Gasteiger partial charge in [-0.15, -0.1) is 0 Å². The summed E-state index contributed by atoms with van der Waals surface area (Å²) in [6.45, 7) is 3.70. The van der Waals surface area contributed by atoms with Crippen LogP contribution in [0.4, 0.5) is 4.39 Å². The molecule has 0 saturated carbocycles. The van der Waals surface area contributed by atoms with Gasteiger partial charge in [0.2, 0.25) is 10.0 Å². The smallest absolute Gasteiger partial charge is 0.240 e. The van der Waals surface area contributed by atoms with Crippen LogP contribution in [-0.2, 0) is 14.9 Å². The topological polar surface area (TPSA) is 67.8 Å². The van der Waals surface area contributed by atoms with Gasteiger partial charge < -0.3 is 4.84 Å². The van der Waals surface area contributed by atoms with E-state index in [0.717, 1.165) is 17.8 Å². The summed E-state index contributed by atoms with van der Waals surface area (Å²) in [5, 5.41) is 3.81. The summed E-state index contributed by atoms with van der Waals surface area (Å²) in [4.78, 5) is 5.23. The van der Waals surface area contributed by atoms with Crippen LogP contribution in [0.15, 0.2) is 34.3 Å². The van der Waals surface area contributed by atoms with Crippen molar-refractivity contribution in [1.29, 1.82) is 0 Å². The number of hydrogen-bond donors (Lipinski definition) is 1. The van der Waals surface area contributed by atoms with Crippen LogP contribution < -0.4 is 4.72 Å². The van der Waals surface area contributed by atoms with Crippen molar-refractivity contribution in [2.75, 3.05) is 6.54 Å². The first-order chi connectivity index (χ1) is 8.81. The first kappa shape index (κ1) is 14.0. The first-order valence-electron chi connectivity index (χ1n) is 5.78. The zero-order valence-electron chi connectivity index (χ0n) is 10.7. The van der Waals surface area contributed by atoms with Gasteiger partial charge in [-0.2, -0.15) is 0 Å². The van der Waals surface area contributed by atoms with Crippen LogP contribution in [0.3, 0.4) is 0 Å². The van der Waals surface area contributed by atoms with Crippen LogP contribution in [0.5, 0.6) is 0 Å². The Morgan fingerprint density at radius 3 is 2.58 bits per heavy atom. The largest absolute Gasteiger partial charge is 0.388 e. The van der Waals surface area contributed by atoms with Crippen molar-refractivity contribution in [2.24, 2.45) is 5.16 Å². The van der Waals surface area contributed by atoms with Crippen molar-refractivity contribution in [3.05, 3.63) is 30.1 Å². The van der Waals surface area contributed by atoms with Gasteiger partial charge in [0.25, 0.3) is 0 Å². The highest BCUT2D eigenvalue weighted by molar-refractivity contribution is 7.89. The van der Waals surface area contributed by atoms with Gasteiger partial charge >= 0.3 is 0 Å². The molecule has 104 valence electrons. The third-order valence-corrected chi connectivity index (χ3v) is 4.23. The lowest BCUT2D eigenvalue weighted by molar-refractivity contribution is 0.00146. The molecule has 0 spiro atoms. The first-order valence-corrected chi connectivity index (χ1v) is 7.26. The molecule has 7 heteroatoms. The second kappa shape index (κ2) is 4.90. The summed E-state index contributed by atoms with van der Waals surface area (Å²) in [6.07, 6.45) is 0.568. The molecule has 0 aromatic heterocycles. The van der Waals surface area contributed by atoms with E-state index < -0.39 is 21.4 Å². The summed E-state index contributed by atoms with van der Waals surface area (Å²) in [5.74, 6) is -0.478. The van der Waals surface area contributed by atoms with Crippen LogP contribution >= 0.6 is 0 Å². The van der Waals surface area contributed by atoms with Crippen molar-refractivity contribution in [3.8, 4) is 0 Å². The minimum atomic E-state index is -3.67. The molecule has 1 aliphatic rings. The zero-order valence-corrected chi connectivity index (χ0v) is 11.5. The number of nitrogens with one attached hydrogen (secondary N) is 1. The van der Waals surface area contributed by atoms with Crippen LogP contribution in [-0.4, -0.2) is 26.3 Å². The normalized spacial score (nSPS) is 23.0. The maximum absolute atomic E-state index is 12.8. The molecule has 0 fully saturated rings. The van der Waals surface area contributed by atoms with Crippen LogP contribution in [0.1, 0.15) is 20.3 Å². The standard InChI is InChI=1S/C12H15FN2O3S/c1-9-7-12(2,18-15-9)8-14-19(16,17)11-5-3-10(13)4-6-11/h3-6,14H,7-8H2,1-2H3. The molecule has 0 aliphatic carbocycles. The fourth-order valence-corrected chi connectivity index (χ4v) is 2.99. The monoisotopic (exact) mass is 286 g/mol. The molecule has 2 rings (SSSR count). The zero-order chi connectivity index (χ0) is 14.1. The molecule has 1 atom stereocenters. The Hall–Kier alpha value is -1.47. The van der Waals surface area contributed by atoms with Gasteiger partial charge in [0.05, 0.1) is 17.2 Å². The number of sulfonamides is 1. The predicted molar refractivity (Wildman–Crippen MR) is 68.8 cm³/mol. The summed E-state index contributed by atoms with van der Waals surface area (Å²) >= 11 is 0. The Labute approximate surface area is 111 Å². The molecule has 0 saturated heterocycles. The van der Waals surface area contributed by atoms with Gasteiger partial charge in [0.1, 0.15) is 5.82 Å². The van der Waals surface area contributed by atoms with E-state index in [9.17, 15) is 12.8 Å². The Bertz CT molecular complexity index is 598. The Morgan fingerprint density at radius 2 is 2.05 bits per heavy atom. The molecule has 0 bridgehead atoms. The molecule has 1 unspecified atom stereocenters. The van der Waals surface area contributed by atoms with E-state index in [1.807, 2.05) is 6.92 Å².